The number of amides is 1. The van der Waals surface area contributed by atoms with Gasteiger partial charge in [-0.15, -0.1) is 0 Å². The van der Waals surface area contributed by atoms with Crippen molar-refractivity contribution in [1.29, 1.82) is 0 Å². The van der Waals surface area contributed by atoms with Crippen molar-refractivity contribution in [3.8, 4) is 5.75 Å². The molecule has 1 N–H and O–H groups in total. The van der Waals surface area contributed by atoms with E-state index in [-0.39, 0.29) is 5.91 Å². The number of halogens is 1. The van der Waals surface area contributed by atoms with Crippen LogP contribution in [0.25, 0.3) is 0 Å². The zero-order valence-electron chi connectivity index (χ0n) is 18.9. The summed E-state index contributed by atoms with van der Waals surface area (Å²) in [6, 6.07) is 8.84. The molecule has 1 aromatic heterocycles. The van der Waals surface area contributed by atoms with Crippen LogP contribution in [0.1, 0.15) is 48.9 Å². The number of methoxy groups -OCH3 is 1. The second-order valence-electron chi connectivity index (χ2n) is 8.83. The lowest BCUT2D eigenvalue weighted by Gasteiger charge is -2.35. The van der Waals surface area contributed by atoms with E-state index in [1.54, 1.807) is 43.6 Å². The van der Waals surface area contributed by atoms with Gasteiger partial charge in [0.1, 0.15) is 5.75 Å². The topological polar surface area (TPSA) is 57.7 Å². The molecule has 3 heterocycles. The number of hydrogen-bond acceptors (Lipinski definition) is 5. The first-order chi connectivity index (χ1) is 15.6. The number of hydrogen-bond donors (Lipinski definition) is 1. The minimum atomic E-state index is -0.186. The molecule has 0 bridgehead atoms. The molecule has 2 fully saturated rings. The highest BCUT2D eigenvalue weighted by atomic mass is 35.5. The summed E-state index contributed by atoms with van der Waals surface area (Å²) in [7, 11) is 1.61. The molecule has 1 aromatic carbocycles. The first-order valence-corrected chi connectivity index (χ1v) is 12.1. The van der Waals surface area contributed by atoms with Gasteiger partial charge in [0.15, 0.2) is 5.82 Å². The Morgan fingerprint density at radius 2 is 1.84 bits per heavy atom. The third kappa shape index (κ3) is 5.93. The Labute approximate surface area is 195 Å². The van der Waals surface area contributed by atoms with Crippen molar-refractivity contribution in [3.05, 3.63) is 47.1 Å². The summed E-state index contributed by atoms with van der Waals surface area (Å²) in [6.07, 6.45) is 9.34. The lowest BCUT2D eigenvalue weighted by molar-refractivity contribution is 0.102. The highest BCUT2D eigenvalue weighted by Gasteiger charge is 2.24. The number of benzene rings is 1. The quantitative estimate of drug-likeness (QED) is 0.629. The Bertz CT molecular complexity index is 891. The highest BCUT2D eigenvalue weighted by molar-refractivity contribution is 6.31. The first-order valence-electron chi connectivity index (χ1n) is 11.7. The van der Waals surface area contributed by atoms with Crippen LogP contribution in [-0.4, -0.2) is 55.6 Å². The number of pyridine rings is 1. The van der Waals surface area contributed by atoms with Gasteiger partial charge in [-0.25, -0.2) is 4.98 Å². The largest absolute Gasteiger partial charge is 0.497 e. The summed E-state index contributed by atoms with van der Waals surface area (Å²) in [5, 5.41) is 3.52. The molecule has 6 nitrogen and oxygen atoms in total. The van der Waals surface area contributed by atoms with Crippen molar-refractivity contribution >= 4 is 29.0 Å². The summed E-state index contributed by atoms with van der Waals surface area (Å²) in [5.41, 5.74) is 1.22. The molecule has 0 saturated carbocycles. The minimum absolute atomic E-state index is 0.186. The van der Waals surface area contributed by atoms with E-state index < -0.39 is 0 Å². The summed E-state index contributed by atoms with van der Waals surface area (Å²) >= 11 is 6.21. The predicted molar refractivity (Wildman–Crippen MR) is 130 cm³/mol. The third-order valence-electron chi connectivity index (χ3n) is 6.65. The maximum absolute atomic E-state index is 12.8. The van der Waals surface area contributed by atoms with Gasteiger partial charge in [0.05, 0.1) is 17.8 Å². The predicted octanol–water partition coefficient (Wildman–Crippen LogP) is 5.09. The van der Waals surface area contributed by atoms with Crippen LogP contribution in [0.2, 0.25) is 5.02 Å². The van der Waals surface area contributed by atoms with Crippen LogP contribution >= 0.6 is 11.6 Å². The van der Waals surface area contributed by atoms with Crippen LogP contribution in [-0.2, 0) is 0 Å². The number of ether oxygens (including phenoxy) is 1. The van der Waals surface area contributed by atoms with Gasteiger partial charge in [0.2, 0.25) is 0 Å². The number of nitrogens with one attached hydrogen (secondary N) is 1. The molecule has 172 valence electrons. The Kier molecular flexibility index (Phi) is 7.87. The number of aromatic nitrogens is 1. The molecule has 0 atom stereocenters. The van der Waals surface area contributed by atoms with E-state index in [1.165, 1.54) is 45.3 Å². The number of nitrogens with zero attached hydrogens (tertiary/aromatic N) is 3. The standard InChI is InChI=1S/C25H33ClN4O2/c1-32-22-7-5-20(6-8-22)25(31)28-23-17-21(26)18-27-24(23)30-15-10-19(11-16-30)9-14-29-12-3-2-4-13-29/h5-8,17-19H,2-4,9-16H2,1H3,(H,28,31). The van der Waals surface area contributed by atoms with Crippen LogP contribution in [0.4, 0.5) is 11.5 Å². The van der Waals surface area contributed by atoms with Crippen molar-refractivity contribution in [2.75, 3.05) is 50.1 Å². The Balaban J connectivity index is 1.36. The number of carbonyl (C=O) groups is 1. The molecule has 1 amide bonds. The molecule has 4 rings (SSSR count). The van der Waals surface area contributed by atoms with E-state index in [4.69, 9.17) is 16.3 Å². The fourth-order valence-electron chi connectivity index (χ4n) is 4.69. The van der Waals surface area contributed by atoms with E-state index in [9.17, 15) is 4.79 Å². The van der Waals surface area contributed by atoms with Crippen LogP contribution in [0.3, 0.4) is 0 Å². The van der Waals surface area contributed by atoms with E-state index >= 15 is 0 Å². The summed E-state index contributed by atoms with van der Waals surface area (Å²) < 4.78 is 5.17. The van der Waals surface area contributed by atoms with Crippen molar-refractivity contribution in [3.63, 3.8) is 0 Å². The number of anilines is 2. The van der Waals surface area contributed by atoms with Gasteiger partial charge in [0.25, 0.3) is 5.91 Å². The molecule has 0 unspecified atom stereocenters. The van der Waals surface area contributed by atoms with Gasteiger partial charge >= 0.3 is 0 Å². The lowest BCUT2D eigenvalue weighted by Crippen LogP contribution is -2.37. The second-order valence-corrected chi connectivity index (χ2v) is 9.27. The fourth-order valence-corrected chi connectivity index (χ4v) is 4.85. The monoisotopic (exact) mass is 456 g/mol. The summed E-state index contributed by atoms with van der Waals surface area (Å²) in [6.45, 7) is 5.66. The minimum Gasteiger partial charge on any atom is -0.497 e. The van der Waals surface area contributed by atoms with Crippen molar-refractivity contribution < 1.29 is 9.53 Å². The number of piperidine rings is 2. The van der Waals surface area contributed by atoms with Crippen molar-refractivity contribution in [2.45, 2.75) is 38.5 Å². The lowest BCUT2D eigenvalue weighted by atomic mass is 9.93. The van der Waals surface area contributed by atoms with E-state index in [1.807, 2.05) is 0 Å². The van der Waals surface area contributed by atoms with E-state index in [0.717, 1.165) is 43.4 Å². The van der Waals surface area contributed by atoms with Gasteiger partial charge in [-0.1, -0.05) is 18.0 Å². The van der Waals surface area contributed by atoms with E-state index in [0.29, 0.717) is 16.3 Å². The first kappa shape index (κ1) is 22.9. The molecular weight excluding hydrogens is 424 g/mol. The molecule has 2 aromatic rings. The zero-order valence-corrected chi connectivity index (χ0v) is 19.6. The van der Waals surface area contributed by atoms with Gasteiger partial charge in [0, 0.05) is 24.8 Å². The number of rotatable bonds is 7. The van der Waals surface area contributed by atoms with Crippen LogP contribution in [0.15, 0.2) is 36.5 Å². The third-order valence-corrected chi connectivity index (χ3v) is 6.86. The van der Waals surface area contributed by atoms with Gasteiger partial charge in [-0.3, -0.25) is 4.79 Å². The smallest absolute Gasteiger partial charge is 0.255 e. The number of likely N-dealkylation sites (tertiary alicyclic amines) is 1. The summed E-state index contributed by atoms with van der Waals surface area (Å²) in [5.74, 6) is 2.09. The molecular formula is C25H33ClN4O2. The normalized spacial score (nSPS) is 17.9. The Morgan fingerprint density at radius 3 is 2.53 bits per heavy atom. The molecule has 2 saturated heterocycles. The van der Waals surface area contributed by atoms with Crippen LogP contribution < -0.4 is 15.0 Å². The number of carbonyl (C=O) groups excluding carboxylic acids is 1. The zero-order chi connectivity index (χ0) is 22.3. The molecule has 0 aliphatic carbocycles. The van der Waals surface area contributed by atoms with Crippen molar-refractivity contribution in [1.82, 2.24) is 9.88 Å². The SMILES string of the molecule is COc1ccc(C(=O)Nc2cc(Cl)cnc2N2CCC(CCN3CCCCC3)CC2)cc1. The van der Waals surface area contributed by atoms with E-state index in [2.05, 4.69) is 20.1 Å². The average Bonchev–Trinajstić information content (AvgIpc) is 2.84. The van der Waals surface area contributed by atoms with Crippen molar-refractivity contribution in [2.24, 2.45) is 5.92 Å². The highest BCUT2D eigenvalue weighted by Crippen LogP contribution is 2.31. The fraction of sp³-hybridized carbons (Fsp3) is 0.520. The molecule has 0 spiro atoms. The molecule has 7 heteroatoms. The van der Waals surface area contributed by atoms with Gasteiger partial charge in [-0.05, 0) is 88.0 Å². The summed E-state index contributed by atoms with van der Waals surface area (Å²) in [4.78, 5) is 22.3. The van der Waals surface area contributed by atoms with Crippen LogP contribution in [0, 0.1) is 5.92 Å². The average molecular weight is 457 g/mol. The van der Waals surface area contributed by atoms with Crippen LogP contribution in [0.5, 0.6) is 5.75 Å². The molecule has 32 heavy (non-hydrogen) atoms. The molecule has 2 aliphatic rings. The molecule has 2 aliphatic heterocycles. The Hall–Kier alpha value is -2.31. The molecule has 0 radical (unpaired) electrons. The van der Waals surface area contributed by atoms with Gasteiger partial charge in [-0.2, -0.15) is 0 Å². The second kappa shape index (κ2) is 11.0. The maximum atomic E-state index is 12.8. The van der Waals surface area contributed by atoms with Gasteiger partial charge < -0.3 is 19.9 Å². The maximum Gasteiger partial charge on any atom is 0.255 e. The Morgan fingerprint density at radius 1 is 1.12 bits per heavy atom.